The maximum absolute atomic E-state index is 10.8. The molecule has 2 rings (SSSR count). The van der Waals surface area contributed by atoms with Crippen LogP contribution < -0.4 is 5.32 Å². The molecule has 16 heavy (non-hydrogen) atoms. The van der Waals surface area contributed by atoms with E-state index in [1.54, 1.807) is 18.2 Å². The predicted molar refractivity (Wildman–Crippen MR) is 62.8 cm³/mol. The summed E-state index contributed by atoms with van der Waals surface area (Å²) in [6, 6.07) is 15.9. The molecule has 0 amide bonds. The summed E-state index contributed by atoms with van der Waals surface area (Å²) in [6.45, 7) is 0. The first kappa shape index (κ1) is 10.2. The van der Waals surface area contributed by atoms with E-state index in [4.69, 9.17) is 0 Å². The summed E-state index contributed by atoms with van der Waals surface area (Å²) in [7, 11) is 0. The molecule has 0 heterocycles. The lowest BCUT2D eigenvalue weighted by Crippen LogP contribution is -1.96. The SMILES string of the molecule is O=[N+]([O-])c1ccccc1Nc1ccccc1. The van der Waals surface area contributed by atoms with Gasteiger partial charge in [-0.05, 0) is 18.2 Å². The molecule has 1 N–H and O–H groups in total. The van der Waals surface area contributed by atoms with Crippen molar-refractivity contribution >= 4 is 17.1 Å². The highest BCUT2D eigenvalue weighted by Crippen LogP contribution is 2.26. The fourth-order valence-electron chi connectivity index (χ4n) is 1.42. The highest BCUT2D eigenvalue weighted by Gasteiger charge is 2.11. The molecule has 0 aliphatic carbocycles. The third kappa shape index (κ3) is 2.17. The van der Waals surface area contributed by atoms with Crippen molar-refractivity contribution < 1.29 is 4.92 Å². The van der Waals surface area contributed by atoms with Gasteiger partial charge in [-0.15, -0.1) is 0 Å². The van der Waals surface area contributed by atoms with Gasteiger partial charge in [0.05, 0.1) is 4.92 Å². The Hall–Kier alpha value is -2.36. The first-order valence-electron chi connectivity index (χ1n) is 4.83. The van der Waals surface area contributed by atoms with Crippen LogP contribution in [0.2, 0.25) is 0 Å². The van der Waals surface area contributed by atoms with Gasteiger partial charge >= 0.3 is 0 Å². The molecule has 4 heteroatoms. The van der Waals surface area contributed by atoms with Crippen molar-refractivity contribution in [2.45, 2.75) is 0 Å². The van der Waals surface area contributed by atoms with Crippen LogP contribution in [0.3, 0.4) is 0 Å². The van der Waals surface area contributed by atoms with E-state index in [1.165, 1.54) is 6.07 Å². The van der Waals surface area contributed by atoms with Gasteiger partial charge in [0.15, 0.2) is 0 Å². The number of rotatable bonds is 3. The molecule has 0 saturated heterocycles. The lowest BCUT2D eigenvalue weighted by atomic mass is 10.2. The summed E-state index contributed by atoms with van der Waals surface area (Å²) in [6.07, 6.45) is 0. The molecule has 0 aliphatic rings. The van der Waals surface area contributed by atoms with Crippen LogP contribution >= 0.6 is 0 Å². The Kier molecular flexibility index (Phi) is 2.82. The average molecular weight is 214 g/mol. The van der Waals surface area contributed by atoms with Gasteiger partial charge in [-0.1, -0.05) is 30.3 Å². The molecular formula is C12H10N2O2. The number of nitro groups is 1. The van der Waals surface area contributed by atoms with Crippen molar-refractivity contribution in [2.75, 3.05) is 5.32 Å². The van der Waals surface area contributed by atoms with Crippen LogP contribution in [-0.4, -0.2) is 4.92 Å². The van der Waals surface area contributed by atoms with Crippen molar-refractivity contribution in [1.29, 1.82) is 0 Å². The van der Waals surface area contributed by atoms with Crippen molar-refractivity contribution in [3.63, 3.8) is 0 Å². The Labute approximate surface area is 92.7 Å². The number of benzene rings is 2. The maximum Gasteiger partial charge on any atom is 0.292 e. The zero-order valence-corrected chi connectivity index (χ0v) is 8.46. The Morgan fingerprint density at radius 3 is 2.25 bits per heavy atom. The van der Waals surface area contributed by atoms with E-state index in [0.717, 1.165) is 5.69 Å². The molecule has 2 aromatic carbocycles. The number of nitrogens with zero attached hydrogens (tertiary/aromatic N) is 1. The molecule has 0 saturated carbocycles. The second kappa shape index (κ2) is 4.44. The molecule has 2 aromatic rings. The Balaban J connectivity index is 2.31. The third-order valence-electron chi connectivity index (χ3n) is 2.15. The number of hydrogen-bond acceptors (Lipinski definition) is 3. The molecule has 0 unspecified atom stereocenters. The van der Waals surface area contributed by atoms with E-state index < -0.39 is 4.92 Å². The normalized spacial score (nSPS) is 9.75. The molecule has 80 valence electrons. The van der Waals surface area contributed by atoms with E-state index >= 15 is 0 Å². The minimum absolute atomic E-state index is 0.0753. The zero-order valence-electron chi connectivity index (χ0n) is 8.46. The van der Waals surface area contributed by atoms with E-state index in [1.807, 2.05) is 30.3 Å². The van der Waals surface area contributed by atoms with Gasteiger partial charge < -0.3 is 5.32 Å². The summed E-state index contributed by atoms with van der Waals surface area (Å²) < 4.78 is 0. The number of nitro benzene ring substituents is 1. The fourth-order valence-corrected chi connectivity index (χ4v) is 1.42. The first-order valence-corrected chi connectivity index (χ1v) is 4.83. The molecular weight excluding hydrogens is 204 g/mol. The summed E-state index contributed by atoms with van der Waals surface area (Å²) in [5, 5.41) is 13.8. The lowest BCUT2D eigenvalue weighted by molar-refractivity contribution is -0.383. The molecule has 0 aromatic heterocycles. The number of nitrogens with one attached hydrogen (secondary N) is 1. The smallest absolute Gasteiger partial charge is 0.292 e. The highest BCUT2D eigenvalue weighted by atomic mass is 16.6. The van der Waals surface area contributed by atoms with Gasteiger partial charge in [0.25, 0.3) is 5.69 Å². The van der Waals surface area contributed by atoms with Gasteiger partial charge in [0, 0.05) is 11.8 Å². The van der Waals surface area contributed by atoms with Gasteiger partial charge in [0.2, 0.25) is 0 Å². The lowest BCUT2D eigenvalue weighted by Gasteiger charge is -2.06. The molecule has 0 spiro atoms. The van der Waals surface area contributed by atoms with Crippen LogP contribution in [0.5, 0.6) is 0 Å². The van der Waals surface area contributed by atoms with Crippen molar-refractivity contribution in [3.8, 4) is 0 Å². The van der Waals surface area contributed by atoms with E-state index in [0.29, 0.717) is 5.69 Å². The van der Waals surface area contributed by atoms with Crippen LogP contribution in [0.1, 0.15) is 0 Å². The topological polar surface area (TPSA) is 55.2 Å². The summed E-state index contributed by atoms with van der Waals surface area (Å²) in [5.74, 6) is 0. The predicted octanol–water partition coefficient (Wildman–Crippen LogP) is 3.34. The van der Waals surface area contributed by atoms with Crippen molar-refractivity contribution in [2.24, 2.45) is 0 Å². The van der Waals surface area contributed by atoms with E-state index in [-0.39, 0.29) is 5.69 Å². The second-order valence-electron chi connectivity index (χ2n) is 3.27. The van der Waals surface area contributed by atoms with Gasteiger partial charge in [-0.25, -0.2) is 0 Å². The van der Waals surface area contributed by atoms with Crippen LogP contribution in [0.4, 0.5) is 17.1 Å². The van der Waals surface area contributed by atoms with Crippen molar-refractivity contribution in [3.05, 3.63) is 64.7 Å². The summed E-state index contributed by atoms with van der Waals surface area (Å²) in [5.41, 5.74) is 1.40. The second-order valence-corrected chi connectivity index (χ2v) is 3.27. The van der Waals surface area contributed by atoms with Crippen LogP contribution in [-0.2, 0) is 0 Å². The Morgan fingerprint density at radius 1 is 0.938 bits per heavy atom. The van der Waals surface area contributed by atoms with Crippen LogP contribution in [0.15, 0.2) is 54.6 Å². The minimum atomic E-state index is -0.398. The first-order chi connectivity index (χ1) is 7.77. The van der Waals surface area contributed by atoms with Crippen molar-refractivity contribution in [1.82, 2.24) is 0 Å². The summed E-state index contributed by atoms with van der Waals surface area (Å²) in [4.78, 5) is 10.4. The minimum Gasteiger partial charge on any atom is -0.350 e. The number of para-hydroxylation sites is 3. The zero-order chi connectivity index (χ0) is 11.4. The molecule has 0 aliphatic heterocycles. The molecule has 0 fully saturated rings. The fraction of sp³-hybridized carbons (Fsp3) is 0. The van der Waals surface area contributed by atoms with Gasteiger partial charge in [0.1, 0.15) is 5.69 Å². The third-order valence-corrected chi connectivity index (χ3v) is 2.15. The Morgan fingerprint density at radius 2 is 1.56 bits per heavy atom. The van der Waals surface area contributed by atoms with E-state index in [2.05, 4.69) is 5.32 Å². The number of hydrogen-bond donors (Lipinski definition) is 1. The van der Waals surface area contributed by atoms with Gasteiger partial charge in [-0.2, -0.15) is 0 Å². The van der Waals surface area contributed by atoms with E-state index in [9.17, 15) is 10.1 Å². The average Bonchev–Trinajstić information content (AvgIpc) is 2.31. The molecule has 4 nitrogen and oxygen atoms in total. The summed E-state index contributed by atoms with van der Waals surface area (Å²) >= 11 is 0. The monoisotopic (exact) mass is 214 g/mol. The largest absolute Gasteiger partial charge is 0.350 e. The molecule has 0 radical (unpaired) electrons. The molecule has 0 bridgehead atoms. The highest BCUT2D eigenvalue weighted by molar-refractivity contribution is 5.69. The quantitative estimate of drug-likeness (QED) is 0.629. The van der Waals surface area contributed by atoms with Gasteiger partial charge in [-0.3, -0.25) is 10.1 Å². The number of anilines is 2. The molecule has 0 atom stereocenters. The van der Waals surface area contributed by atoms with Crippen LogP contribution in [0, 0.1) is 10.1 Å². The maximum atomic E-state index is 10.8. The Bertz CT molecular complexity index is 497. The van der Waals surface area contributed by atoms with Crippen LogP contribution in [0.25, 0.3) is 0 Å². The standard InChI is InChI=1S/C12H10N2O2/c15-14(16)12-9-5-4-8-11(12)13-10-6-2-1-3-7-10/h1-9,13H.